The molecular weight excluding hydrogens is 430 g/mol. The van der Waals surface area contributed by atoms with E-state index in [1.54, 1.807) is 66.5 Å². The standard InChI is InChI=1S/C22H21N5O4S/c1-30-18-6-4-15(10-19(18)31-2)12-27-13-16(5-7-21(27)28)17-11-20(26-9-8-23-14-26)25-22(24-17)32(3)29/h4-11,13-14H,12H2,1-3H3. The van der Waals surface area contributed by atoms with Gasteiger partial charge in [0.1, 0.15) is 18.4 Å². The zero-order chi connectivity index (χ0) is 22.7. The maximum Gasteiger partial charge on any atom is 0.344 e. The van der Waals surface area contributed by atoms with E-state index in [0.29, 0.717) is 35.1 Å². The molecule has 0 aliphatic rings. The average molecular weight is 452 g/mol. The maximum atomic E-state index is 12.5. The maximum absolute atomic E-state index is 12.5. The predicted octanol–water partition coefficient (Wildman–Crippen LogP) is 2.29. The van der Waals surface area contributed by atoms with Crippen molar-refractivity contribution in [3.8, 4) is 28.6 Å². The molecule has 0 bridgehead atoms. The number of aromatic nitrogens is 5. The lowest BCUT2D eigenvalue weighted by Crippen LogP contribution is -2.19. The Bertz CT molecular complexity index is 1290. The van der Waals surface area contributed by atoms with Crippen molar-refractivity contribution in [2.45, 2.75) is 11.7 Å². The van der Waals surface area contributed by atoms with Crippen molar-refractivity contribution in [1.29, 1.82) is 0 Å². The molecule has 4 rings (SSSR count). The van der Waals surface area contributed by atoms with Gasteiger partial charge >= 0.3 is 5.16 Å². The number of rotatable bonds is 7. The van der Waals surface area contributed by atoms with Gasteiger partial charge in [0.15, 0.2) is 11.5 Å². The molecule has 1 unspecified atom stereocenters. The Morgan fingerprint density at radius 2 is 1.88 bits per heavy atom. The highest BCUT2D eigenvalue weighted by Crippen LogP contribution is 2.28. The van der Waals surface area contributed by atoms with Crippen LogP contribution in [0.4, 0.5) is 0 Å². The molecule has 0 N–H and O–H groups in total. The van der Waals surface area contributed by atoms with Gasteiger partial charge in [-0.3, -0.25) is 9.36 Å². The predicted molar refractivity (Wildman–Crippen MR) is 120 cm³/mol. The van der Waals surface area contributed by atoms with Crippen molar-refractivity contribution in [2.75, 3.05) is 20.5 Å². The minimum atomic E-state index is -1.38. The lowest BCUT2D eigenvalue weighted by Gasteiger charge is -2.12. The summed E-state index contributed by atoms with van der Waals surface area (Å²) in [6.07, 6.45) is 8.23. The number of nitrogens with zero attached hydrogens (tertiary/aromatic N) is 5. The lowest BCUT2D eigenvalue weighted by atomic mass is 10.1. The fourth-order valence-electron chi connectivity index (χ4n) is 3.20. The van der Waals surface area contributed by atoms with E-state index in [9.17, 15) is 9.35 Å². The second-order valence-electron chi connectivity index (χ2n) is 6.89. The molecule has 0 saturated carbocycles. The molecule has 4 aromatic rings. The molecule has 0 aliphatic carbocycles. The van der Waals surface area contributed by atoms with Crippen LogP contribution >= 0.6 is 0 Å². The topological polar surface area (TPSA) is 107 Å². The number of hydrogen-bond acceptors (Lipinski definition) is 7. The van der Waals surface area contributed by atoms with Gasteiger partial charge in [-0.1, -0.05) is 6.07 Å². The molecule has 10 heteroatoms. The molecule has 0 fully saturated rings. The van der Waals surface area contributed by atoms with E-state index in [4.69, 9.17) is 9.47 Å². The van der Waals surface area contributed by atoms with Gasteiger partial charge in [-0.25, -0.2) is 4.98 Å². The summed E-state index contributed by atoms with van der Waals surface area (Å²) in [5.74, 6) is 1.74. The molecule has 164 valence electrons. The number of imidazole rings is 1. The normalized spacial score (nSPS) is 11.9. The van der Waals surface area contributed by atoms with Gasteiger partial charge in [-0.05, 0) is 23.8 Å². The molecule has 0 amide bonds. The van der Waals surface area contributed by atoms with Crippen molar-refractivity contribution in [2.24, 2.45) is 0 Å². The van der Waals surface area contributed by atoms with Crippen LogP contribution in [0.1, 0.15) is 5.56 Å². The number of benzene rings is 1. The van der Waals surface area contributed by atoms with Gasteiger partial charge in [0, 0.05) is 47.5 Å². The fraction of sp³-hybridized carbons (Fsp3) is 0.182. The quantitative estimate of drug-likeness (QED) is 0.313. The molecule has 0 saturated heterocycles. The van der Waals surface area contributed by atoms with E-state index in [1.165, 1.54) is 12.3 Å². The van der Waals surface area contributed by atoms with Crippen LogP contribution < -0.4 is 15.0 Å². The molecule has 0 aliphatic heterocycles. The number of ether oxygens (including phenoxy) is 2. The van der Waals surface area contributed by atoms with Crippen LogP contribution in [-0.4, -0.2) is 49.1 Å². The van der Waals surface area contributed by atoms with E-state index in [-0.39, 0.29) is 10.7 Å². The summed E-state index contributed by atoms with van der Waals surface area (Å²) in [5.41, 5.74) is 1.96. The van der Waals surface area contributed by atoms with Gasteiger partial charge in [-0.2, -0.15) is 9.97 Å². The first-order chi connectivity index (χ1) is 15.5. The summed E-state index contributed by atoms with van der Waals surface area (Å²) >= 11 is -1.38. The van der Waals surface area contributed by atoms with E-state index < -0.39 is 11.2 Å². The van der Waals surface area contributed by atoms with E-state index >= 15 is 0 Å². The van der Waals surface area contributed by atoms with Crippen molar-refractivity contribution in [3.05, 3.63) is 77.2 Å². The summed E-state index contributed by atoms with van der Waals surface area (Å²) in [6, 6.07) is 10.4. The lowest BCUT2D eigenvalue weighted by molar-refractivity contribution is 0.354. The van der Waals surface area contributed by atoms with Gasteiger partial charge in [0.25, 0.3) is 5.56 Å². The Morgan fingerprint density at radius 1 is 1.06 bits per heavy atom. The number of pyridine rings is 1. The largest absolute Gasteiger partial charge is 0.609 e. The third-order valence-corrected chi connectivity index (χ3v) is 5.50. The van der Waals surface area contributed by atoms with Gasteiger partial charge in [-0.15, -0.1) is 0 Å². The molecule has 32 heavy (non-hydrogen) atoms. The van der Waals surface area contributed by atoms with Crippen LogP contribution in [-0.2, 0) is 17.7 Å². The fourth-order valence-corrected chi connectivity index (χ4v) is 3.65. The minimum absolute atomic E-state index is 0.160. The monoisotopic (exact) mass is 451 g/mol. The Hall–Kier alpha value is -3.63. The van der Waals surface area contributed by atoms with Crippen molar-refractivity contribution >= 4 is 11.2 Å². The Balaban J connectivity index is 1.74. The van der Waals surface area contributed by atoms with Crippen LogP contribution in [0.15, 0.2) is 71.3 Å². The Kier molecular flexibility index (Phi) is 6.24. The van der Waals surface area contributed by atoms with E-state index in [2.05, 4.69) is 15.0 Å². The molecule has 0 spiro atoms. The molecule has 3 aromatic heterocycles. The highest BCUT2D eigenvalue weighted by atomic mass is 32.2. The van der Waals surface area contributed by atoms with Gasteiger partial charge in [0.2, 0.25) is 0 Å². The number of hydrogen-bond donors (Lipinski definition) is 0. The van der Waals surface area contributed by atoms with E-state index in [1.807, 2.05) is 12.1 Å². The molecule has 3 heterocycles. The molecular formula is C22H21N5O4S. The summed E-state index contributed by atoms with van der Waals surface area (Å²) in [6.45, 7) is 0.332. The first-order valence-electron chi connectivity index (χ1n) is 9.61. The second kappa shape index (κ2) is 9.25. The highest BCUT2D eigenvalue weighted by Gasteiger charge is 2.16. The third kappa shape index (κ3) is 4.51. The SMILES string of the molecule is COc1ccc(Cn2cc(-c3cc(-n4ccnc4)nc([S+](C)[O-])n3)ccc2=O)cc1OC. The van der Waals surface area contributed by atoms with E-state index in [0.717, 1.165) is 5.56 Å². The van der Waals surface area contributed by atoms with Crippen LogP contribution in [0.2, 0.25) is 0 Å². The molecule has 0 radical (unpaired) electrons. The summed E-state index contributed by atoms with van der Waals surface area (Å²) < 4.78 is 26.0. The second-order valence-corrected chi connectivity index (χ2v) is 8.16. The third-order valence-electron chi connectivity index (χ3n) is 4.80. The van der Waals surface area contributed by atoms with Crippen LogP contribution in [0.25, 0.3) is 17.1 Å². The van der Waals surface area contributed by atoms with Crippen LogP contribution in [0.3, 0.4) is 0 Å². The number of methoxy groups -OCH3 is 2. The Morgan fingerprint density at radius 3 is 2.56 bits per heavy atom. The zero-order valence-electron chi connectivity index (χ0n) is 17.8. The first-order valence-corrected chi connectivity index (χ1v) is 11.2. The highest BCUT2D eigenvalue weighted by molar-refractivity contribution is 7.90. The molecule has 1 aromatic carbocycles. The molecule has 9 nitrogen and oxygen atoms in total. The molecule has 1 atom stereocenters. The van der Waals surface area contributed by atoms with Crippen molar-refractivity contribution < 1.29 is 14.0 Å². The summed E-state index contributed by atoms with van der Waals surface area (Å²) in [4.78, 5) is 25.4. The zero-order valence-corrected chi connectivity index (χ0v) is 18.6. The smallest absolute Gasteiger partial charge is 0.344 e. The minimum Gasteiger partial charge on any atom is -0.609 e. The van der Waals surface area contributed by atoms with Crippen LogP contribution in [0, 0.1) is 0 Å². The van der Waals surface area contributed by atoms with Gasteiger partial charge in [0.05, 0.1) is 26.5 Å². The summed E-state index contributed by atoms with van der Waals surface area (Å²) in [5, 5.41) is 0.198. The summed E-state index contributed by atoms with van der Waals surface area (Å²) in [7, 11) is 3.14. The van der Waals surface area contributed by atoms with Gasteiger partial charge < -0.3 is 18.6 Å². The van der Waals surface area contributed by atoms with Crippen LogP contribution in [0.5, 0.6) is 11.5 Å². The Labute approximate surface area is 187 Å². The van der Waals surface area contributed by atoms with Crippen molar-refractivity contribution in [3.63, 3.8) is 0 Å². The van der Waals surface area contributed by atoms with Crippen molar-refractivity contribution in [1.82, 2.24) is 24.1 Å². The first kappa shape index (κ1) is 21.6. The average Bonchev–Trinajstić information content (AvgIpc) is 3.35.